The first-order chi connectivity index (χ1) is 12.6. The number of nitrogens with zero attached hydrogens (tertiary/aromatic N) is 2. The van der Waals surface area contributed by atoms with Crippen molar-refractivity contribution >= 4 is 5.84 Å². The van der Waals surface area contributed by atoms with Crippen molar-refractivity contribution in [2.45, 2.75) is 71.0 Å². The average molecular weight is 360 g/mol. The first kappa shape index (κ1) is 17.0. The second-order valence-corrected chi connectivity index (χ2v) is 10.0. The van der Waals surface area contributed by atoms with Crippen molar-refractivity contribution in [1.29, 1.82) is 0 Å². The van der Waals surface area contributed by atoms with E-state index in [1.165, 1.54) is 39.2 Å². The van der Waals surface area contributed by atoms with E-state index >= 15 is 0 Å². The normalized spacial score (nSPS) is 26.6. The lowest BCUT2D eigenvalue weighted by Crippen LogP contribution is -2.44. The molecule has 0 aromatic heterocycles. The molecule has 2 unspecified atom stereocenters. The second-order valence-electron chi connectivity index (χ2n) is 10.0. The van der Waals surface area contributed by atoms with Crippen LogP contribution in [0, 0.1) is 0 Å². The Morgan fingerprint density at radius 1 is 0.926 bits per heavy atom. The molecule has 2 aromatic carbocycles. The molecule has 140 valence electrons. The van der Waals surface area contributed by atoms with Crippen molar-refractivity contribution < 1.29 is 4.58 Å². The van der Waals surface area contributed by atoms with Crippen LogP contribution >= 0.6 is 0 Å². The maximum absolute atomic E-state index is 2.66. The van der Waals surface area contributed by atoms with Gasteiger partial charge in [-0.1, -0.05) is 38.1 Å². The monoisotopic (exact) mass is 359 g/mol. The molecule has 0 spiro atoms. The van der Waals surface area contributed by atoms with E-state index in [0.29, 0.717) is 12.1 Å². The molecule has 2 aromatic rings. The van der Waals surface area contributed by atoms with Gasteiger partial charge in [0.25, 0.3) is 5.84 Å². The van der Waals surface area contributed by atoms with Gasteiger partial charge < -0.3 is 0 Å². The van der Waals surface area contributed by atoms with Crippen LogP contribution in [0.1, 0.15) is 63.8 Å². The van der Waals surface area contributed by atoms with Crippen molar-refractivity contribution in [1.82, 2.24) is 4.90 Å². The summed E-state index contributed by atoms with van der Waals surface area (Å²) < 4.78 is 2.49. The van der Waals surface area contributed by atoms with Crippen LogP contribution in [0.25, 0.3) is 11.1 Å². The van der Waals surface area contributed by atoms with Crippen molar-refractivity contribution in [2.24, 2.45) is 0 Å². The Labute approximate surface area is 163 Å². The summed E-state index contributed by atoms with van der Waals surface area (Å²) in [6, 6.07) is 15.1. The Morgan fingerprint density at radius 2 is 1.59 bits per heavy atom. The Balaban J connectivity index is 1.84. The summed E-state index contributed by atoms with van der Waals surface area (Å²) in [5, 5.41) is 0. The molecule has 0 saturated heterocycles. The van der Waals surface area contributed by atoms with Crippen molar-refractivity contribution in [3.63, 3.8) is 0 Å². The van der Waals surface area contributed by atoms with Gasteiger partial charge in [-0.25, -0.2) is 4.90 Å². The molecule has 27 heavy (non-hydrogen) atoms. The van der Waals surface area contributed by atoms with E-state index in [1.54, 1.807) is 0 Å². The second kappa shape index (κ2) is 5.04. The van der Waals surface area contributed by atoms with Gasteiger partial charge in [-0.2, -0.15) is 0 Å². The predicted octanol–water partition coefficient (Wildman–Crippen LogP) is 4.92. The fourth-order valence-corrected chi connectivity index (χ4v) is 5.90. The minimum atomic E-state index is 0.0225. The third kappa shape index (κ3) is 1.99. The largest absolute Gasteiger partial charge is 0.280 e. The Kier molecular flexibility index (Phi) is 3.18. The molecule has 0 saturated carbocycles. The smallest absolute Gasteiger partial charge is 0.257 e. The minimum Gasteiger partial charge on any atom is -0.257 e. The molecular formula is C25H31N2+. The molecule has 2 nitrogen and oxygen atoms in total. The molecule has 1 aliphatic carbocycles. The van der Waals surface area contributed by atoms with Crippen LogP contribution in [0.5, 0.6) is 0 Å². The summed E-state index contributed by atoms with van der Waals surface area (Å²) in [7, 11) is 2.27. The van der Waals surface area contributed by atoms with E-state index in [0.717, 1.165) is 6.42 Å². The van der Waals surface area contributed by atoms with Crippen molar-refractivity contribution in [2.75, 3.05) is 7.05 Å². The highest BCUT2D eigenvalue weighted by atomic mass is 15.4. The van der Waals surface area contributed by atoms with E-state index in [2.05, 4.69) is 94.5 Å². The molecule has 2 atom stereocenters. The fourth-order valence-electron chi connectivity index (χ4n) is 5.90. The molecular weight excluding hydrogens is 328 g/mol. The number of likely N-dealkylation sites (N-methyl/N-ethyl adjacent to an activating group) is 1. The van der Waals surface area contributed by atoms with Crippen LogP contribution in [-0.4, -0.2) is 34.4 Å². The van der Waals surface area contributed by atoms with Crippen LogP contribution in [-0.2, 0) is 17.4 Å². The van der Waals surface area contributed by atoms with E-state index in [9.17, 15) is 0 Å². The molecule has 0 N–H and O–H groups in total. The number of rotatable bonds is 0. The van der Waals surface area contributed by atoms with Crippen LogP contribution in [0.2, 0.25) is 0 Å². The Bertz CT molecular complexity index is 1010. The topological polar surface area (TPSA) is 6.25 Å². The van der Waals surface area contributed by atoms with Gasteiger partial charge >= 0.3 is 0 Å². The standard InChI is InChI=1S/C25H31N2/c1-15-16(2)27-23(26(15)7)20-13-21-19(12-22(20)25(27,5)6)18-11-9-8-10-17(18)14-24(21,3)4/h8-13,15-16H,14H2,1-7H3/q+1. The van der Waals surface area contributed by atoms with Gasteiger partial charge in [0, 0.05) is 5.56 Å². The van der Waals surface area contributed by atoms with E-state index in [1.807, 2.05) is 0 Å². The van der Waals surface area contributed by atoms with E-state index in [-0.39, 0.29) is 11.0 Å². The third-order valence-electron chi connectivity index (χ3n) is 7.61. The van der Waals surface area contributed by atoms with Gasteiger partial charge in [0.1, 0.15) is 17.6 Å². The lowest BCUT2D eigenvalue weighted by molar-refractivity contribution is -0.526. The first-order valence-corrected chi connectivity index (χ1v) is 10.3. The summed E-state index contributed by atoms with van der Waals surface area (Å²) in [6.45, 7) is 14.3. The van der Waals surface area contributed by atoms with Crippen LogP contribution in [0.4, 0.5) is 0 Å². The lowest BCUT2D eigenvalue weighted by Gasteiger charge is -2.35. The summed E-state index contributed by atoms with van der Waals surface area (Å²) in [5.41, 5.74) is 8.97. The average Bonchev–Trinajstić information content (AvgIpc) is 2.98. The number of benzene rings is 2. The molecule has 0 fully saturated rings. The SMILES string of the molecule is CC1C(C)[N+](C)=C2c3cc4c(cc3C(C)(C)N21)-c1ccccc1CC4(C)C. The molecule has 3 aliphatic rings. The molecule has 2 heterocycles. The van der Waals surface area contributed by atoms with E-state index in [4.69, 9.17) is 0 Å². The summed E-state index contributed by atoms with van der Waals surface area (Å²) in [6.07, 6.45) is 1.11. The van der Waals surface area contributed by atoms with Gasteiger partial charge in [-0.15, -0.1) is 0 Å². The Morgan fingerprint density at radius 3 is 2.33 bits per heavy atom. The highest BCUT2D eigenvalue weighted by Crippen LogP contribution is 2.50. The number of amidine groups is 1. The highest BCUT2D eigenvalue weighted by molar-refractivity contribution is 6.03. The zero-order chi connectivity index (χ0) is 19.3. The maximum Gasteiger partial charge on any atom is 0.280 e. The van der Waals surface area contributed by atoms with E-state index < -0.39 is 0 Å². The molecule has 0 radical (unpaired) electrons. The molecule has 5 rings (SSSR count). The molecule has 0 bridgehead atoms. The van der Waals surface area contributed by atoms with Crippen LogP contribution < -0.4 is 0 Å². The molecule has 2 heteroatoms. The number of hydrogen-bond acceptors (Lipinski definition) is 1. The third-order valence-corrected chi connectivity index (χ3v) is 7.61. The quantitative estimate of drug-likeness (QED) is 0.605. The number of fused-ring (bicyclic) bond motifs is 6. The summed E-state index contributed by atoms with van der Waals surface area (Å²) in [4.78, 5) is 2.66. The Hall–Kier alpha value is -2.09. The first-order valence-electron chi connectivity index (χ1n) is 10.3. The summed E-state index contributed by atoms with van der Waals surface area (Å²) >= 11 is 0. The fraction of sp³-hybridized carbons (Fsp3) is 0.480. The molecule has 2 aliphatic heterocycles. The van der Waals surface area contributed by atoms with Gasteiger partial charge in [0.15, 0.2) is 0 Å². The predicted molar refractivity (Wildman–Crippen MR) is 113 cm³/mol. The molecule has 0 amide bonds. The van der Waals surface area contributed by atoms with Crippen LogP contribution in [0.3, 0.4) is 0 Å². The van der Waals surface area contributed by atoms with Gasteiger partial charge in [0.05, 0.1) is 12.6 Å². The van der Waals surface area contributed by atoms with Gasteiger partial charge in [0.2, 0.25) is 0 Å². The summed E-state index contributed by atoms with van der Waals surface area (Å²) in [5.74, 6) is 1.42. The maximum atomic E-state index is 2.66. The zero-order valence-electron chi connectivity index (χ0n) is 17.7. The van der Waals surface area contributed by atoms with Gasteiger partial charge in [-0.05, 0) is 73.9 Å². The number of hydrogen-bond donors (Lipinski definition) is 0. The lowest BCUT2D eigenvalue weighted by atomic mass is 9.69. The van der Waals surface area contributed by atoms with Gasteiger partial charge in [-0.3, -0.25) is 4.58 Å². The van der Waals surface area contributed by atoms with Crippen molar-refractivity contribution in [3.05, 3.63) is 58.7 Å². The minimum absolute atomic E-state index is 0.0225. The van der Waals surface area contributed by atoms with Crippen molar-refractivity contribution in [3.8, 4) is 11.1 Å². The highest BCUT2D eigenvalue weighted by Gasteiger charge is 2.57. The van der Waals surface area contributed by atoms with Crippen LogP contribution in [0.15, 0.2) is 36.4 Å². The zero-order valence-corrected chi connectivity index (χ0v) is 17.7.